The zero-order valence-corrected chi connectivity index (χ0v) is 19.4. The summed E-state index contributed by atoms with van der Waals surface area (Å²) in [5.74, 6) is 2.87. The lowest BCUT2D eigenvalue weighted by Gasteiger charge is -2.18. The molecule has 1 aromatic heterocycles. The normalized spacial score (nSPS) is 15.7. The molecular formula is C28H29N3O3. The van der Waals surface area contributed by atoms with Gasteiger partial charge in [-0.05, 0) is 61.4 Å². The molecule has 1 fully saturated rings. The topological polar surface area (TPSA) is 56.6 Å². The molecule has 2 heterocycles. The van der Waals surface area contributed by atoms with Crippen molar-refractivity contribution in [2.24, 2.45) is 0 Å². The highest BCUT2D eigenvalue weighted by molar-refractivity contribution is 5.96. The first-order valence-electron chi connectivity index (χ1n) is 11.8. The largest absolute Gasteiger partial charge is 0.497 e. The zero-order chi connectivity index (χ0) is 23.3. The van der Waals surface area contributed by atoms with E-state index in [2.05, 4.69) is 10.6 Å². The fourth-order valence-electron chi connectivity index (χ4n) is 4.61. The Hall–Kier alpha value is -3.80. The number of aromatic nitrogens is 2. The van der Waals surface area contributed by atoms with Crippen molar-refractivity contribution in [3.63, 3.8) is 0 Å². The number of hydrogen-bond donors (Lipinski definition) is 0. The van der Waals surface area contributed by atoms with Gasteiger partial charge in [0.1, 0.15) is 17.3 Å². The van der Waals surface area contributed by atoms with Crippen LogP contribution in [0, 0.1) is 0 Å². The van der Waals surface area contributed by atoms with Crippen molar-refractivity contribution in [3.8, 4) is 11.5 Å². The number of anilines is 1. The molecule has 1 aliphatic heterocycles. The molecule has 6 nitrogen and oxygen atoms in total. The average Bonchev–Trinajstić information content (AvgIpc) is 3.45. The summed E-state index contributed by atoms with van der Waals surface area (Å²) in [5, 5.41) is 0. The van der Waals surface area contributed by atoms with E-state index in [1.807, 2.05) is 77.7 Å². The summed E-state index contributed by atoms with van der Waals surface area (Å²) in [6.07, 6.45) is 2.39. The van der Waals surface area contributed by atoms with Crippen LogP contribution < -0.4 is 14.4 Å². The molecule has 0 saturated carbocycles. The van der Waals surface area contributed by atoms with Crippen LogP contribution in [0.2, 0.25) is 0 Å². The Balaban J connectivity index is 1.30. The summed E-state index contributed by atoms with van der Waals surface area (Å²) in [6, 6.07) is 25.8. The summed E-state index contributed by atoms with van der Waals surface area (Å²) in [6.45, 7) is 2.16. The number of ether oxygens (including phenoxy) is 2. The van der Waals surface area contributed by atoms with Crippen LogP contribution in [0.1, 0.15) is 31.0 Å². The number of amides is 1. The van der Waals surface area contributed by atoms with Gasteiger partial charge >= 0.3 is 0 Å². The van der Waals surface area contributed by atoms with Gasteiger partial charge in [0.05, 0.1) is 24.8 Å². The fraction of sp³-hybridized carbons (Fsp3) is 0.286. The van der Waals surface area contributed by atoms with Gasteiger partial charge in [-0.15, -0.1) is 0 Å². The number of imidazole rings is 1. The minimum absolute atomic E-state index is 0.0579. The van der Waals surface area contributed by atoms with E-state index in [1.165, 1.54) is 0 Å². The monoisotopic (exact) mass is 455 g/mol. The minimum atomic E-state index is 0.0579. The maximum absolute atomic E-state index is 12.9. The van der Waals surface area contributed by atoms with Crippen LogP contribution in [0.5, 0.6) is 11.5 Å². The van der Waals surface area contributed by atoms with Gasteiger partial charge in [0, 0.05) is 31.1 Å². The molecule has 34 heavy (non-hydrogen) atoms. The maximum atomic E-state index is 12.9. The molecule has 1 aliphatic rings. The van der Waals surface area contributed by atoms with Crippen LogP contribution in [0.15, 0.2) is 78.9 Å². The number of para-hydroxylation sites is 3. The molecule has 1 amide bonds. The number of benzene rings is 3. The first-order chi connectivity index (χ1) is 16.7. The molecule has 3 aromatic carbocycles. The molecule has 0 aliphatic carbocycles. The Kier molecular flexibility index (Phi) is 6.47. The van der Waals surface area contributed by atoms with Crippen LogP contribution >= 0.6 is 0 Å². The standard InChI is InChI=1S/C28H29N3O3/c1-33-23-15-13-22(14-16-23)31-20-21(19-27(31)32)28-29-25-11-5-6-12-26(25)30(28)17-7-8-18-34-24-9-3-2-4-10-24/h2-6,9-16,21H,7-8,17-20H2,1H3/t21-/m1/s1. The molecule has 0 radical (unpaired) electrons. The van der Waals surface area contributed by atoms with E-state index in [-0.39, 0.29) is 11.8 Å². The van der Waals surface area contributed by atoms with Gasteiger partial charge in [0.2, 0.25) is 5.91 Å². The summed E-state index contributed by atoms with van der Waals surface area (Å²) in [7, 11) is 1.64. The van der Waals surface area contributed by atoms with Crippen molar-refractivity contribution < 1.29 is 14.3 Å². The second kappa shape index (κ2) is 10.00. The third-order valence-electron chi connectivity index (χ3n) is 6.35. The van der Waals surface area contributed by atoms with Gasteiger partial charge in [0.15, 0.2) is 0 Å². The van der Waals surface area contributed by atoms with Crippen molar-refractivity contribution in [1.82, 2.24) is 9.55 Å². The van der Waals surface area contributed by atoms with Gasteiger partial charge in [-0.2, -0.15) is 0 Å². The molecule has 0 bridgehead atoms. The van der Waals surface area contributed by atoms with Gasteiger partial charge < -0.3 is 18.9 Å². The van der Waals surface area contributed by atoms with Crippen molar-refractivity contribution >= 4 is 22.6 Å². The lowest BCUT2D eigenvalue weighted by molar-refractivity contribution is -0.117. The van der Waals surface area contributed by atoms with Crippen LogP contribution in [0.25, 0.3) is 11.0 Å². The van der Waals surface area contributed by atoms with E-state index in [1.54, 1.807) is 7.11 Å². The molecule has 0 N–H and O–H groups in total. The van der Waals surface area contributed by atoms with Crippen LogP contribution in [-0.2, 0) is 11.3 Å². The molecule has 1 atom stereocenters. The maximum Gasteiger partial charge on any atom is 0.227 e. The molecular weight excluding hydrogens is 426 g/mol. The number of hydrogen-bond acceptors (Lipinski definition) is 4. The lowest BCUT2D eigenvalue weighted by atomic mass is 10.1. The molecule has 4 aromatic rings. The Morgan fingerprint density at radius 3 is 2.47 bits per heavy atom. The van der Waals surface area contributed by atoms with Gasteiger partial charge in [-0.25, -0.2) is 4.98 Å². The highest BCUT2D eigenvalue weighted by atomic mass is 16.5. The summed E-state index contributed by atoms with van der Waals surface area (Å²) < 4.78 is 13.4. The highest BCUT2D eigenvalue weighted by Gasteiger charge is 2.34. The molecule has 174 valence electrons. The van der Waals surface area contributed by atoms with Gasteiger partial charge in [-0.3, -0.25) is 4.79 Å². The number of rotatable bonds is 9. The van der Waals surface area contributed by atoms with Crippen molar-refractivity contribution in [1.29, 1.82) is 0 Å². The predicted molar refractivity (Wildman–Crippen MR) is 134 cm³/mol. The Labute approximate surface area is 199 Å². The van der Waals surface area contributed by atoms with Crippen LogP contribution in [0.4, 0.5) is 5.69 Å². The number of nitrogens with zero attached hydrogens (tertiary/aromatic N) is 3. The van der Waals surface area contributed by atoms with E-state index in [0.717, 1.165) is 53.4 Å². The molecule has 1 saturated heterocycles. The van der Waals surface area contributed by atoms with Crippen molar-refractivity contribution in [3.05, 3.63) is 84.7 Å². The lowest BCUT2D eigenvalue weighted by Crippen LogP contribution is -2.24. The number of aryl methyl sites for hydroxylation is 1. The molecule has 0 unspecified atom stereocenters. The van der Waals surface area contributed by atoms with Crippen molar-refractivity contribution in [2.45, 2.75) is 31.7 Å². The van der Waals surface area contributed by atoms with Crippen LogP contribution in [-0.4, -0.2) is 35.7 Å². The first-order valence-corrected chi connectivity index (χ1v) is 11.8. The Morgan fingerprint density at radius 1 is 0.912 bits per heavy atom. The predicted octanol–water partition coefficient (Wildman–Crippen LogP) is 5.42. The van der Waals surface area contributed by atoms with E-state index < -0.39 is 0 Å². The Bertz CT molecular complexity index is 1250. The number of carbonyl (C=O) groups is 1. The van der Waals surface area contributed by atoms with E-state index in [0.29, 0.717) is 19.6 Å². The third-order valence-corrected chi connectivity index (χ3v) is 6.35. The second-order valence-electron chi connectivity index (χ2n) is 8.58. The number of carbonyl (C=O) groups excluding carboxylic acids is 1. The van der Waals surface area contributed by atoms with E-state index in [4.69, 9.17) is 14.5 Å². The molecule has 6 heteroatoms. The molecule has 5 rings (SSSR count). The second-order valence-corrected chi connectivity index (χ2v) is 8.58. The number of fused-ring (bicyclic) bond motifs is 1. The van der Waals surface area contributed by atoms with Crippen molar-refractivity contribution in [2.75, 3.05) is 25.2 Å². The SMILES string of the molecule is COc1ccc(N2C[C@H](c3nc4ccccc4n3CCCCOc3ccccc3)CC2=O)cc1. The summed E-state index contributed by atoms with van der Waals surface area (Å²) in [5.41, 5.74) is 3.00. The summed E-state index contributed by atoms with van der Waals surface area (Å²) >= 11 is 0. The molecule has 0 spiro atoms. The number of methoxy groups -OCH3 is 1. The number of unbranched alkanes of at least 4 members (excludes halogenated alkanes) is 1. The Morgan fingerprint density at radius 2 is 1.68 bits per heavy atom. The smallest absolute Gasteiger partial charge is 0.227 e. The first kappa shape index (κ1) is 22.0. The zero-order valence-electron chi connectivity index (χ0n) is 19.4. The summed E-state index contributed by atoms with van der Waals surface area (Å²) in [4.78, 5) is 19.7. The van der Waals surface area contributed by atoms with E-state index >= 15 is 0 Å². The quantitative estimate of drug-likeness (QED) is 0.316. The average molecular weight is 456 g/mol. The highest BCUT2D eigenvalue weighted by Crippen LogP contribution is 2.34. The van der Waals surface area contributed by atoms with Crippen LogP contribution in [0.3, 0.4) is 0 Å². The fourth-order valence-corrected chi connectivity index (χ4v) is 4.61. The third kappa shape index (κ3) is 4.62. The van der Waals surface area contributed by atoms with Gasteiger partial charge in [0.25, 0.3) is 0 Å². The minimum Gasteiger partial charge on any atom is -0.497 e. The van der Waals surface area contributed by atoms with E-state index in [9.17, 15) is 4.79 Å². The van der Waals surface area contributed by atoms with Gasteiger partial charge in [-0.1, -0.05) is 30.3 Å².